The normalized spacial score (nSPS) is 22.4. The van der Waals surface area contributed by atoms with E-state index in [1.54, 1.807) is 42.5 Å². The maximum absolute atomic E-state index is 13.4. The van der Waals surface area contributed by atoms with E-state index in [1.807, 2.05) is 19.1 Å². The van der Waals surface area contributed by atoms with E-state index in [4.69, 9.17) is 11.6 Å². The van der Waals surface area contributed by atoms with E-state index in [1.165, 1.54) is 12.1 Å². The molecule has 1 aliphatic carbocycles. The number of Topliss-reactive ketones (excluding diaryl/α,β-unsaturated/α-hetero) is 1. The molecule has 0 spiro atoms. The fraction of sp³-hybridized carbons (Fsp3) is 0.250. The predicted molar refractivity (Wildman–Crippen MR) is 115 cm³/mol. The number of rotatable bonds is 5. The molecule has 1 aliphatic heterocycles. The number of imide groups is 1. The third-order valence-electron chi connectivity index (χ3n) is 5.81. The van der Waals surface area contributed by atoms with E-state index < -0.39 is 36.1 Å². The number of benzene rings is 2. The van der Waals surface area contributed by atoms with Gasteiger partial charge in [-0.25, -0.2) is 5.01 Å². The van der Waals surface area contributed by atoms with Crippen LogP contribution in [-0.2, 0) is 9.59 Å². The lowest BCUT2D eigenvalue weighted by Crippen LogP contribution is -2.52. The Morgan fingerprint density at radius 2 is 1.68 bits per heavy atom. The minimum Gasteiger partial charge on any atom is -0.292 e. The number of hydrogen-bond donors (Lipinski definition) is 0. The van der Waals surface area contributed by atoms with Crippen molar-refractivity contribution < 1.29 is 19.2 Å². The van der Waals surface area contributed by atoms with E-state index in [0.717, 1.165) is 10.0 Å². The van der Waals surface area contributed by atoms with Crippen LogP contribution in [0.15, 0.2) is 66.7 Å². The second-order valence-corrected chi connectivity index (χ2v) is 8.24. The summed E-state index contributed by atoms with van der Waals surface area (Å²) in [6, 6.07) is 14.6. The molecule has 0 radical (unpaired) electrons. The monoisotopic (exact) mass is 436 g/mol. The topological polar surface area (TPSA) is 74.8 Å². The Hall–Kier alpha value is -3.25. The van der Waals surface area contributed by atoms with E-state index in [-0.39, 0.29) is 17.3 Å². The summed E-state index contributed by atoms with van der Waals surface area (Å²) in [5.41, 5.74) is 0.620. The van der Waals surface area contributed by atoms with Crippen molar-refractivity contribution >= 4 is 35.1 Å². The van der Waals surface area contributed by atoms with E-state index in [0.29, 0.717) is 17.0 Å². The van der Waals surface area contributed by atoms with Gasteiger partial charge in [0, 0.05) is 16.1 Å². The van der Waals surface area contributed by atoms with Crippen molar-refractivity contribution in [2.24, 2.45) is 17.8 Å². The SMILES string of the molecule is C[C@@H]1C=CC[C@@H]2C(=O)N(N(CC(=O)c3ccccc3)C(=O)c3ccc(Cl)cc3)C(=O)[C@@H]12. The second kappa shape index (κ2) is 8.47. The van der Waals surface area contributed by atoms with Gasteiger partial charge in [-0.3, -0.25) is 19.2 Å². The fourth-order valence-electron chi connectivity index (χ4n) is 4.20. The van der Waals surface area contributed by atoms with Crippen molar-refractivity contribution in [2.75, 3.05) is 6.54 Å². The summed E-state index contributed by atoms with van der Waals surface area (Å²) in [5.74, 6) is -3.07. The Bertz CT molecular complexity index is 1060. The van der Waals surface area contributed by atoms with Gasteiger partial charge in [0.2, 0.25) is 0 Å². The molecule has 0 unspecified atom stereocenters. The summed E-state index contributed by atoms with van der Waals surface area (Å²) in [6.45, 7) is 1.45. The van der Waals surface area contributed by atoms with Gasteiger partial charge in [0.15, 0.2) is 5.78 Å². The average Bonchev–Trinajstić information content (AvgIpc) is 3.03. The molecule has 0 aromatic heterocycles. The van der Waals surface area contributed by atoms with Gasteiger partial charge in [-0.15, -0.1) is 0 Å². The van der Waals surface area contributed by atoms with Crippen molar-refractivity contribution in [3.05, 3.63) is 82.9 Å². The first-order valence-corrected chi connectivity index (χ1v) is 10.5. The molecule has 3 atom stereocenters. The number of hydrazine groups is 1. The quantitative estimate of drug-likeness (QED) is 0.406. The highest BCUT2D eigenvalue weighted by Crippen LogP contribution is 2.39. The summed E-state index contributed by atoms with van der Waals surface area (Å²) in [7, 11) is 0. The number of nitrogens with zero attached hydrogens (tertiary/aromatic N) is 2. The fourth-order valence-corrected chi connectivity index (χ4v) is 4.32. The summed E-state index contributed by atoms with van der Waals surface area (Å²) in [4.78, 5) is 52.7. The van der Waals surface area contributed by atoms with Crippen molar-refractivity contribution in [3.63, 3.8) is 0 Å². The van der Waals surface area contributed by atoms with E-state index >= 15 is 0 Å². The smallest absolute Gasteiger partial charge is 0.273 e. The first-order chi connectivity index (χ1) is 14.9. The van der Waals surface area contributed by atoms with Crippen molar-refractivity contribution in [1.29, 1.82) is 0 Å². The molecule has 158 valence electrons. The van der Waals surface area contributed by atoms with Gasteiger partial charge in [0.1, 0.15) is 6.54 Å². The zero-order valence-electron chi connectivity index (χ0n) is 16.9. The first kappa shape index (κ1) is 21.0. The standard InChI is InChI=1S/C24H21ClN2O4/c1-15-6-5-9-19-21(15)24(31)27(23(19)30)26(14-20(28)16-7-3-2-4-8-16)22(29)17-10-12-18(25)13-11-17/h2-8,10-13,15,19,21H,9,14H2,1H3/t15-,19+,21+/m1/s1. The van der Waals surface area contributed by atoms with Gasteiger partial charge < -0.3 is 0 Å². The molecule has 6 nitrogen and oxygen atoms in total. The zero-order chi connectivity index (χ0) is 22.1. The van der Waals surface area contributed by atoms with Gasteiger partial charge in [-0.05, 0) is 36.6 Å². The number of amides is 3. The maximum Gasteiger partial charge on any atom is 0.273 e. The Labute approximate surface area is 185 Å². The van der Waals surface area contributed by atoms with Crippen LogP contribution >= 0.6 is 11.6 Å². The molecule has 3 amide bonds. The molecular formula is C24H21ClN2O4. The van der Waals surface area contributed by atoms with Crippen molar-refractivity contribution in [1.82, 2.24) is 10.0 Å². The average molecular weight is 437 g/mol. The van der Waals surface area contributed by atoms with E-state index in [2.05, 4.69) is 0 Å². The maximum atomic E-state index is 13.4. The molecule has 0 N–H and O–H groups in total. The van der Waals surface area contributed by atoms with Crippen LogP contribution in [0.2, 0.25) is 5.02 Å². The number of ketones is 1. The van der Waals surface area contributed by atoms with E-state index in [9.17, 15) is 19.2 Å². The lowest BCUT2D eigenvalue weighted by Gasteiger charge is -2.30. The number of hydrogen-bond acceptors (Lipinski definition) is 4. The van der Waals surface area contributed by atoms with Crippen molar-refractivity contribution in [3.8, 4) is 0 Å². The van der Waals surface area contributed by atoms with Crippen LogP contribution in [0.4, 0.5) is 0 Å². The van der Waals surface area contributed by atoms with Crippen LogP contribution in [-0.4, -0.2) is 40.1 Å². The number of halogens is 1. The molecule has 1 fully saturated rings. The van der Waals surface area contributed by atoms with Crippen LogP contribution in [0.3, 0.4) is 0 Å². The van der Waals surface area contributed by atoms with Gasteiger partial charge in [0.25, 0.3) is 17.7 Å². The third-order valence-corrected chi connectivity index (χ3v) is 6.06. The Kier molecular flexibility index (Phi) is 5.74. The Morgan fingerprint density at radius 3 is 2.32 bits per heavy atom. The van der Waals surface area contributed by atoms with Gasteiger partial charge in [-0.1, -0.05) is 61.0 Å². The molecule has 2 aromatic carbocycles. The summed E-state index contributed by atoms with van der Waals surface area (Å²) in [6.07, 6.45) is 4.24. The van der Waals surface area contributed by atoms with Crippen LogP contribution in [0.5, 0.6) is 0 Å². The number of carbonyl (C=O) groups is 4. The van der Waals surface area contributed by atoms with Gasteiger partial charge in [0.05, 0.1) is 11.8 Å². The lowest BCUT2D eigenvalue weighted by molar-refractivity contribution is -0.154. The first-order valence-electron chi connectivity index (χ1n) is 10.1. The third kappa shape index (κ3) is 3.91. The molecule has 4 rings (SSSR count). The molecule has 31 heavy (non-hydrogen) atoms. The number of allylic oxidation sites excluding steroid dienone is 2. The second-order valence-electron chi connectivity index (χ2n) is 7.80. The van der Waals surface area contributed by atoms with Crippen LogP contribution in [0, 0.1) is 17.8 Å². The molecule has 2 aromatic rings. The van der Waals surface area contributed by atoms with Crippen molar-refractivity contribution in [2.45, 2.75) is 13.3 Å². The largest absolute Gasteiger partial charge is 0.292 e. The van der Waals surface area contributed by atoms with Gasteiger partial charge >= 0.3 is 0 Å². The molecule has 0 bridgehead atoms. The highest BCUT2D eigenvalue weighted by Gasteiger charge is 2.53. The Morgan fingerprint density at radius 1 is 1.00 bits per heavy atom. The highest BCUT2D eigenvalue weighted by molar-refractivity contribution is 6.30. The van der Waals surface area contributed by atoms with Gasteiger partial charge in [-0.2, -0.15) is 5.01 Å². The molecule has 2 aliphatic rings. The van der Waals surface area contributed by atoms with Crippen LogP contribution < -0.4 is 0 Å². The molecular weight excluding hydrogens is 416 g/mol. The summed E-state index contributed by atoms with van der Waals surface area (Å²) in [5, 5.41) is 2.31. The lowest BCUT2D eigenvalue weighted by atomic mass is 9.78. The summed E-state index contributed by atoms with van der Waals surface area (Å²) >= 11 is 5.93. The molecule has 7 heteroatoms. The Balaban J connectivity index is 1.70. The zero-order valence-corrected chi connectivity index (χ0v) is 17.7. The minimum atomic E-state index is -0.609. The molecule has 1 heterocycles. The minimum absolute atomic E-state index is 0.127. The predicted octanol–water partition coefficient (Wildman–Crippen LogP) is 3.78. The number of fused-ring (bicyclic) bond motifs is 1. The summed E-state index contributed by atoms with van der Waals surface area (Å²) < 4.78 is 0. The van der Waals surface area contributed by atoms with Crippen LogP contribution in [0.25, 0.3) is 0 Å². The number of carbonyl (C=O) groups excluding carboxylic acids is 4. The van der Waals surface area contributed by atoms with Crippen LogP contribution in [0.1, 0.15) is 34.1 Å². The molecule has 0 saturated carbocycles. The molecule has 1 saturated heterocycles. The highest BCUT2D eigenvalue weighted by atomic mass is 35.5.